The fourth-order valence-corrected chi connectivity index (χ4v) is 2.08. The van der Waals surface area contributed by atoms with Gasteiger partial charge in [0.1, 0.15) is 5.82 Å². The number of methoxy groups -OCH3 is 1. The Labute approximate surface area is 146 Å². The number of ether oxygens (including phenoxy) is 1. The van der Waals surface area contributed by atoms with Gasteiger partial charge < -0.3 is 4.74 Å². The third-order valence-electron chi connectivity index (χ3n) is 3.27. The predicted molar refractivity (Wildman–Crippen MR) is 91.5 cm³/mol. The summed E-state index contributed by atoms with van der Waals surface area (Å²) >= 11 is 5.78. The Balaban J connectivity index is 0.000000341. The number of carbonyl (C=O) groups excluding carboxylic acids is 1. The molecule has 0 bridgehead atoms. The molecule has 130 valence electrons. The Bertz CT molecular complexity index is 593. The molecule has 0 fully saturated rings. The second kappa shape index (κ2) is 11.6. The molecule has 6 heteroatoms. The van der Waals surface area contributed by atoms with Crippen molar-refractivity contribution in [3.8, 4) is 0 Å². The maximum atomic E-state index is 11.9. The monoisotopic (exact) mass is 353 g/mol. The lowest BCUT2D eigenvalue weighted by Crippen LogP contribution is -2.25. The smallest absolute Gasteiger partial charge is 0.245 e. The summed E-state index contributed by atoms with van der Waals surface area (Å²) in [6.45, 7) is 0. The average molecular weight is 354 g/mol. The molecule has 2 rings (SSSR count). The fourth-order valence-electron chi connectivity index (χ4n) is 1.95. The number of hydrogen-bond acceptors (Lipinski definition) is 3. The Morgan fingerprint density at radius 3 is 2.29 bits per heavy atom. The zero-order chi connectivity index (χ0) is 17.8. The Hall–Kier alpha value is -1.95. The summed E-state index contributed by atoms with van der Waals surface area (Å²) < 4.78 is 17.1. The highest BCUT2D eigenvalue weighted by Crippen LogP contribution is 2.13. The van der Waals surface area contributed by atoms with Crippen LogP contribution in [0.25, 0.3) is 0 Å². The molecule has 2 N–H and O–H groups in total. The van der Waals surface area contributed by atoms with E-state index < -0.39 is 5.91 Å². The molecule has 24 heavy (non-hydrogen) atoms. The normalized spacial score (nSPS) is 11.2. The van der Waals surface area contributed by atoms with Crippen LogP contribution in [0.15, 0.2) is 54.6 Å². The SMILES string of the molecule is COC(CCc1ccc(Cl)cc1)CC(=O)NO.Fc1ccccc1. The second-order valence-corrected chi connectivity index (χ2v) is 5.49. The van der Waals surface area contributed by atoms with E-state index in [1.807, 2.05) is 24.3 Å². The van der Waals surface area contributed by atoms with Gasteiger partial charge in [-0.1, -0.05) is 41.9 Å². The number of hydrogen-bond donors (Lipinski definition) is 2. The highest BCUT2D eigenvalue weighted by Gasteiger charge is 2.12. The maximum Gasteiger partial charge on any atom is 0.245 e. The first kappa shape index (κ1) is 20.1. The standard InChI is InChI=1S/C12H16ClNO3.C6H5F/c1-17-11(8-12(15)14-16)7-4-9-2-5-10(13)6-3-9;7-6-4-2-1-3-5-6/h2-3,5-6,11,16H,4,7-8H2,1H3,(H,14,15);1-5H. The van der Waals surface area contributed by atoms with Crippen LogP contribution in [-0.2, 0) is 16.0 Å². The molecule has 0 aliphatic rings. The first-order valence-electron chi connectivity index (χ1n) is 7.46. The van der Waals surface area contributed by atoms with Crippen molar-refractivity contribution in [1.82, 2.24) is 5.48 Å². The van der Waals surface area contributed by atoms with Gasteiger partial charge in [-0.2, -0.15) is 0 Å². The summed E-state index contributed by atoms with van der Waals surface area (Å²) in [5.41, 5.74) is 2.74. The van der Waals surface area contributed by atoms with E-state index in [9.17, 15) is 9.18 Å². The minimum absolute atomic E-state index is 0.153. The van der Waals surface area contributed by atoms with Crippen LogP contribution in [0.3, 0.4) is 0 Å². The van der Waals surface area contributed by atoms with Gasteiger partial charge in [-0.25, -0.2) is 9.87 Å². The molecule has 2 aromatic carbocycles. The Morgan fingerprint density at radius 1 is 1.21 bits per heavy atom. The Kier molecular flexibility index (Phi) is 9.68. The highest BCUT2D eigenvalue weighted by atomic mass is 35.5. The van der Waals surface area contributed by atoms with Crippen LogP contribution in [0.2, 0.25) is 5.02 Å². The minimum atomic E-state index is -0.437. The zero-order valence-electron chi connectivity index (χ0n) is 13.4. The van der Waals surface area contributed by atoms with E-state index >= 15 is 0 Å². The van der Waals surface area contributed by atoms with Crippen LogP contribution in [0.4, 0.5) is 4.39 Å². The molecule has 0 saturated heterocycles. The van der Waals surface area contributed by atoms with E-state index in [2.05, 4.69) is 0 Å². The van der Waals surface area contributed by atoms with E-state index in [1.54, 1.807) is 30.8 Å². The van der Waals surface area contributed by atoms with Crippen LogP contribution in [-0.4, -0.2) is 24.3 Å². The number of carbonyl (C=O) groups is 1. The quantitative estimate of drug-likeness (QED) is 0.609. The topological polar surface area (TPSA) is 58.6 Å². The molecule has 0 spiro atoms. The molecule has 0 saturated carbocycles. The number of aryl methyl sites for hydroxylation is 1. The molecule has 0 aliphatic carbocycles. The summed E-state index contributed by atoms with van der Waals surface area (Å²) in [5, 5.41) is 9.13. The zero-order valence-corrected chi connectivity index (χ0v) is 14.2. The number of hydroxylamine groups is 1. The van der Waals surface area contributed by atoms with Gasteiger partial charge in [0, 0.05) is 12.1 Å². The van der Waals surface area contributed by atoms with Gasteiger partial charge in [-0.05, 0) is 42.7 Å². The molecule has 1 amide bonds. The van der Waals surface area contributed by atoms with Crippen molar-refractivity contribution in [2.24, 2.45) is 0 Å². The second-order valence-electron chi connectivity index (χ2n) is 5.06. The molecule has 1 unspecified atom stereocenters. The number of halogens is 2. The van der Waals surface area contributed by atoms with Crippen LogP contribution in [0.5, 0.6) is 0 Å². The lowest BCUT2D eigenvalue weighted by Gasteiger charge is -2.13. The van der Waals surface area contributed by atoms with Gasteiger partial charge in [0.15, 0.2) is 0 Å². The van der Waals surface area contributed by atoms with Crippen LogP contribution in [0.1, 0.15) is 18.4 Å². The van der Waals surface area contributed by atoms with Crippen molar-refractivity contribution >= 4 is 17.5 Å². The van der Waals surface area contributed by atoms with Gasteiger partial charge >= 0.3 is 0 Å². The third-order valence-corrected chi connectivity index (χ3v) is 3.52. The molecule has 0 aliphatic heterocycles. The molecular weight excluding hydrogens is 333 g/mol. The lowest BCUT2D eigenvalue weighted by atomic mass is 10.0. The minimum Gasteiger partial charge on any atom is -0.381 e. The lowest BCUT2D eigenvalue weighted by molar-refractivity contribution is -0.131. The molecule has 1 atom stereocenters. The van der Waals surface area contributed by atoms with Gasteiger partial charge in [0.05, 0.1) is 12.5 Å². The number of benzene rings is 2. The summed E-state index contributed by atoms with van der Waals surface area (Å²) in [7, 11) is 1.55. The van der Waals surface area contributed by atoms with Gasteiger partial charge in [-0.3, -0.25) is 10.0 Å². The summed E-state index contributed by atoms with van der Waals surface area (Å²) in [4.78, 5) is 11.0. The van der Waals surface area contributed by atoms with Crippen molar-refractivity contribution in [2.75, 3.05) is 7.11 Å². The predicted octanol–water partition coefficient (Wildman–Crippen LogP) is 4.01. The molecule has 0 radical (unpaired) electrons. The average Bonchev–Trinajstić information content (AvgIpc) is 2.61. The molecule has 0 aromatic heterocycles. The molecule has 4 nitrogen and oxygen atoms in total. The van der Waals surface area contributed by atoms with Crippen molar-refractivity contribution in [3.05, 3.63) is 71.0 Å². The first-order chi connectivity index (χ1) is 11.5. The van der Waals surface area contributed by atoms with Gasteiger partial charge in [0.2, 0.25) is 5.91 Å². The van der Waals surface area contributed by atoms with Crippen LogP contribution >= 0.6 is 11.6 Å². The van der Waals surface area contributed by atoms with Gasteiger partial charge in [-0.15, -0.1) is 0 Å². The van der Waals surface area contributed by atoms with E-state index in [0.717, 1.165) is 12.0 Å². The number of rotatable bonds is 6. The molecule has 2 aromatic rings. The summed E-state index contributed by atoms with van der Waals surface area (Å²) in [5.74, 6) is -0.615. The molecule has 0 heterocycles. The first-order valence-corrected chi connectivity index (χ1v) is 7.83. The third kappa shape index (κ3) is 8.62. The Morgan fingerprint density at radius 2 is 1.83 bits per heavy atom. The van der Waals surface area contributed by atoms with E-state index in [1.165, 1.54) is 12.1 Å². The van der Waals surface area contributed by atoms with E-state index in [4.69, 9.17) is 21.5 Å². The summed E-state index contributed by atoms with van der Waals surface area (Å²) in [6.07, 6.45) is 1.47. The van der Waals surface area contributed by atoms with Gasteiger partial charge in [0.25, 0.3) is 0 Å². The summed E-state index contributed by atoms with van der Waals surface area (Å²) in [6, 6.07) is 15.5. The van der Waals surface area contributed by atoms with Crippen LogP contribution in [0, 0.1) is 5.82 Å². The maximum absolute atomic E-state index is 11.9. The van der Waals surface area contributed by atoms with E-state index in [0.29, 0.717) is 11.4 Å². The number of nitrogens with one attached hydrogen (secondary N) is 1. The van der Waals surface area contributed by atoms with Crippen molar-refractivity contribution in [2.45, 2.75) is 25.4 Å². The van der Waals surface area contributed by atoms with Crippen molar-refractivity contribution in [1.29, 1.82) is 0 Å². The fraction of sp³-hybridized carbons (Fsp3) is 0.278. The number of amides is 1. The van der Waals surface area contributed by atoms with Crippen molar-refractivity contribution in [3.63, 3.8) is 0 Å². The van der Waals surface area contributed by atoms with Crippen molar-refractivity contribution < 1.29 is 19.1 Å². The molecular formula is C18H21ClFNO3. The van der Waals surface area contributed by atoms with E-state index in [-0.39, 0.29) is 18.3 Å². The highest BCUT2D eigenvalue weighted by molar-refractivity contribution is 6.30. The largest absolute Gasteiger partial charge is 0.381 e. The van der Waals surface area contributed by atoms with Crippen LogP contribution < -0.4 is 5.48 Å².